The van der Waals surface area contributed by atoms with Crippen LogP contribution in [-0.2, 0) is 22.4 Å². The molecule has 0 saturated heterocycles. The van der Waals surface area contributed by atoms with Crippen LogP contribution in [0.3, 0.4) is 0 Å². The van der Waals surface area contributed by atoms with Crippen molar-refractivity contribution in [1.82, 2.24) is 0 Å². The Bertz CT molecular complexity index is 505. The largest absolute Gasteiger partial charge is 0.508 e. The molecule has 4 nitrogen and oxygen atoms in total. The molecule has 1 unspecified atom stereocenters. The summed E-state index contributed by atoms with van der Waals surface area (Å²) < 4.78 is 5.27. The smallest absolute Gasteiger partial charge is 0.333 e. The number of fused-ring (bicyclic) bond motifs is 1. The van der Waals surface area contributed by atoms with Gasteiger partial charge in [-0.2, -0.15) is 0 Å². The van der Waals surface area contributed by atoms with E-state index in [-0.39, 0.29) is 17.6 Å². The molecule has 0 heterocycles. The first-order valence-corrected chi connectivity index (χ1v) is 5.88. The Morgan fingerprint density at radius 1 is 1.33 bits per heavy atom. The summed E-state index contributed by atoms with van der Waals surface area (Å²) in [5, 5.41) is 19.5. The van der Waals surface area contributed by atoms with Crippen molar-refractivity contribution in [3.05, 3.63) is 35.4 Å². The lowest BCUT2D eigenvalue weighted by molar-refractivity contribution is -0.144. The van der Waals surface area contributed by atoms with Crippen LogP contribution in [0.15, 0.2) is 24.3 Å². The predicted molar refractivity (Wildman–Crippen MR) is 66.5 cm³/mol. The standard InChI is InChI=1S/C14H16O4/c1-8(2)14(17)18-9-3-4-10-11(7-9)13(16)6-5-12(10)15/h5-6,9,15-16H,1,3-4,7H2,2H3. The van der Waals surface area contributed by atoms with Crippen LogP contribution >= 0.6 is 0 Å². The summed E-state index contributed by atoms with van der Waals surface area (Å²) in [7, 11) is 0. The summed E-state index contributed by atoms with van der Waals surface area (Å²) in [5.41, 5.74) is 1.78. The van der Waals surface area contributed by atoms with Crippen molar-refractivity contribution in [3.63, 3.8) is 0 Å². The van der Waals surface area contributed by atoms with Gasteiger partial charge < -0.3 is 14.9 Å². The van der Waals surface area contributed by atoms with Crippen LogP contribution in [0.5, 0.6) is 11.5 Å². The lowest BCUT2D eigenvalue weighted by Gasteiger charge is -2.25. The number of hydrogen-bond acceptors (Lipinski definition) is 4. The number of carbonyl (C=O) groups is 1. The number of aromatic hydroxyl groups is 2. The van der Waals surface area contributed by atoms with Gasteiger partial charge in [0.15, 0.2) is 0 Å². The third-order valence-electron chi connectivity index (χ3n) is 3.15. The molecule has 1 aliphatic carbocycles. The number of phenols is 2. The lowest BCUT2D eigenvalue weighted by Crippen LogP contribution is -2.25. The molecule has 2 rings (SSSR count). The highest BCUT2D eigenvalue weighted by Crippen LogP contribution is 2.35. The molecule has 0 amide bonds. The minimum Gasteiger partial charge on any atom is -0.508 e. The zero-order chi connectivity index (χ0) is 13.3. The molecule has 1 aliphatic rings. The summed E-state index contributed by atoms with van der Waals surface area (Å²) in [6.07, 6.45) is 1.39. The van der Waals surface area contributed by atoms with Gasteiger partial charge >= 0.3 is 5.97 Å². The molecule has 2 N–H and O–H groups in total. The number of rotatable bonds is 2. The van der Waals surface area contributed by atoms with Crippen LogP contribution in [0.4, 0.5) is 0 Å². The fraction of sp³-hybridized carbons (Fsp3) is 0.357. The molecule has 4 heteroatoms. The maximum atomic E-state index is 11.4. The van der Waals surface area contributed by atoms with Gasteiger partial charge in [0.05, 0.1) is 0 Å². The van der Waals surface area contributed by atoms with Crippen LogP contribution in [0.25, 0.3) is 0 Å². The van der Waals surface area contributed by atoms with E-state index in [9.17, 15) is 15.0 Å². The molecule has 0 aliphatic heterocycles. The SMILES string of the molecule is C=C(C)C(=O)OC1CCc2c(O)ccc(O)c2C1. The van der Waals surface area contributed by atoms with Gasteiger partial charge in [-0.1, -0.05) is 6.58 Å². The van der Waals surface area contributed by atoms with Crippen molar-refractivity contribution in [3.8, 4) is 11.5 Å². The highest BCUT2D eigenvalue weighted by Gasteiger charge is 2.26. The van der Waals surface area contributed by atoms with Gasteiger partial charge in [0.25, 0.3) is 0 Å². The van der Waals surface area contributed by atoms with Gasteiger partial charge in [-0.15, -0.1) is 0 Å². The first-order valence-electron chi connectivity index (χ1n) is 5.88. The molecule has 0 spiro atoms. The Kier molecular flexibility index (Phi) is 3.28. The van der Waals surface area contributed by atoms with Crippen molar-refractivity contribution >= 4 is 5.97 Å². The van der Waals surface area contributed by atoms with E-state index in [1.165, 1.54) is 12.1 Å². The van der Waals surface area contributed by atoms with Gasteiger partial charge in [0.2, 0.25) is 0 Å². The van der Waals surface area contributed by atoms with Crippen LogP contribution in [0.1, 0.15) is 24.5 Å². The fourth-order valence-corrected chi connectivity index (χ4v) is 2.16. The molecule has 0 aromatic heterocycles. The van der Waals surface area contributed by atoms with Crippen LogP contribution in [0.2, 0.25) is 0 Å². The fourth-order valence-electron chi connectivity index (χ4n) is 2.16. The topological polar surface area (TPSA) is 66.8 Å². The first-order chi connectivity index (χ1) is 8.49. The van der Waals surface area contributed by atoms with Crippen molar-refractivity contribution in [1.29, 1.82) is 0 Å². The zero-order valence-corrected chi connectivity index (χ0v) is 10.3. The minimum absolute atomic E-state index is 0.138. The lowest BCUT2D eigenvalue weighted by atomic mass is 9.88. The first kappa shape index (κ1) is 12.5. The number of benzene rings is 1. The van der Waals surface area contributed by atoms with Crippen molar-refractivity contribution in [2.75, 3.05) is 0 Å². The predicted octanol–water partition coefficient (Wildman–Crippen LogP) is 2.07. The van der Waals surface area contributed by atoms with E-state index in [0.717, 1.165) is 5.56 Å². The van der Waals surface area contributed by atoms with Crippen molar-refractivity contribution < 1.29 is 19.7 Å². The molecule has 1 aromatic rings. The Morgan fingerprint density at radius 3 is 2.56 bits per heavy atom. The Balaban J connectivity index is 2.17. The van der Waals surface area contributed by atoms with Gasteiger partial charge in [0, 0.05) is 23.1 Å². The second-order valence-corrected chi connectivity index (χ2v) is 4.61. The van der Waals surface area contributed by atoms with Gasteiger partial charge in [0.1, 0.15) is 17.6 Å². The van der Waals surface area contributed by atoms with E-state index in [2.05, 4.69) is 6.58 Å². The van der Waals surface area contributed by atoms with Crippen LogP contribution < -0.4 is 0 Å². The molecular formula is C14H16O4. The van der Waals surface area contributed by atoms with Crippen LogP contribution in [0, 0.1) is 0 Å². The summed E-state index contributed by atoms with van der Waals surface area (Å²) >= 11 is 0. The molecule has 18 heavy (non-hydrogen) atoms. The third kappa shape index (κ3) is 2.32. The monoisotopic (exact) mass is 248 g/mol. The number of esters is 1. The maximum absolute atomic E-state index is 11.4. The molecule has 0 radical (unpaired) electrons. The molecule has 0 saturated carbocycles. The molecule has 0 bridgehead atoms. The van der Waals surface area contributed by atoms with E-state index in [1.54, 1.807) is 6.92 Å². The Labute approximate surface area is 106 Å². The number of carbonyl (C=O) groups excluding carboxylic acids is 1. The van der Waals surface area contributed by atoms with Gasteiger partial charge in [-0.3, -0.25) is 0 Å². The van der Waals surface area contributed by atoms with Crippen molar-refractivity contribution in [2.24, 2.45) is 0 Å². The quantitative estimate of drug-likeness (QED) is 0.477. The molecule has 1 aromatic carbocycles. The highest BCUT2D eigenvalue weighted by atomic mass is 16.5. The molecule has 0 fully saturated rings. The second kappa shape index (κ2) is 4.72. The normalized spacial score (nSPS) is 17.9. The zero-order valence-electron chi connectivity index (χ0n) is 10.3. The molecular weight excluding hydrogens is 232 g/mol. The van der Waals surface area contributed by atoms with E-state index in [1.807, 2.05) is 0 Å². The second-order valence-electron chi connectivity index (χ2n) is 4.61. The van der Waals surface area contributed by atoms with Crippen LogP contribution in [-0.4, -0.2) is 22.3 Å². The van der Waals surface area contributed by atoms with Gasteiger partial charge in [-0.25, -0.2) is 4.79 Å². The van der Waals surface area contributed by atoms with Crippen molar-refractivity contribution in [2.45, 2.75) is 32.3 Å². The number of ether oxygens (including phenoxy) is 1. The summed E-state index contributed by atoms with van der Waals surface area (Å²) in [4.78, 5) is 11.4. The van der Waals surface area contributed by atoms with Gasteiger partial charge in [-0.05, 0) is 31.9 Å². The highest BCUT2D eigenvalue weighted by molar-refractivity contribution is 5.87. The molecule has 1 atom stereocenters. The molecule has 96 valence electrons. The summed E-state index contributed by atoms with van der Waals surface area (Å²) in [6.45, 7) is 5.13. The number of phenolic OH excluding ortho intramolecular Hbond substituents is 2. The summed E-state index contributed by atoms with van der Waals surface area (Å²) in [6, 6.07) is 2.94. The maximum Gasteiger partial charge on any atom is 0.333 e. The van der Waals surface area contributed by atoms with E-state index >= 15 is 0 Å². The minimum atomic E-state index is -0.414. The average Bonchev–Trinajstić information content (AvgIpc) is 2.34. The van der Waals surface area contributed by atoms with E-state index in [4.69, 9.17) is 4.74 Å². The Hall–Kier alpha value is -1.97. The average molecular weight is 248 g/mol. The Morgan fingerprint density at radius 2 is 1.94 bits per heavy atom. The van der Waals surface area contributed by atoms with E-state index < -0.39 is 5.97 Å². The number of hydrogen-bond donors (Lipinski definition) is 2. The third-order valence-corrected chi connectivity index (χ3v) is 3.15. The van der Waals surface area contributed by atoms with E-state index in [0.29, 0.717) is 30.4 Å². The summed E-state index contributed by atoms with van der Waals surface area (Å²) in [5.74, 6) is -0.0885.